The monoisotopic (exact) mass is 309 g/mol. The second-order valence-electron chi connectivity index (χ2n) is 5.51. The van der Waals surface area contributed by atoms with Gasteiger partial charge in [0.15, 0.2) is 11.5 Å². The molecular formula is C14H19N3O5. The Morgan fingerprint density at radius 2 is 1.95 bits per heavy atom. The van der Waals surface area contributed by atoms with E-state index < -0.39 is 11.8 Å². The fourth-order valence-corrected chi connectivity index (χ4v) is 2.85. The molecule has 0 unspecified atom stereocenters. The second-order valence-corrected chi connectivity index (χ2v) is 5.51. The largest absolute Gasteiger partial charge is 0.476 e. The number of aromatic carboxylic acids is 1. The molecule has 3 heterocycles. The first-order valence-electron chi connectivity index (χ1n) is 7.40. The molecule has 0 aromatic carbocycles. The number of ether oxygens (including phenoxy) is 2. The van der Waals surface area contributed by atoms with Gasteiger partial charge in [-0.25, -0.2) is 4.79 Å². The lowest BCUT2D eigenvalue weighted by atomic mass is 10.0. The zero-order chi connectivity index (χ0) is 15.6. The van der Waals surface area contributed by atoms with E-state index in [0.717, 1.165) is 0 Å². The minimum atomic E-state index is -1.07. The molecule has 120 valence electrons. The Labute approximate surface area is 127 Å². The maximum atomic E-state index is 12.2. The summed E-state index contributed by atoms with van der Waals surface area (Å²) in [6.45, 7) is 2.87. The Kier molecular flexibility index (Phi) is 4.12. The number of carboxylic acids is 1. The molecule has 2 fully saturated rings. The topological polar surface area (TPSA) is 93.9 Å². The number of carboxylic acid groups (broad SMARTS) is 1. The summed E-state index contributed by atoms with van der Waals surface area (Å²) in [4.78, 5) is 24.8. The zero-order valence-corrected chi connectivity index (χ0v) is 12.2. The number of aromatic nitrogens is 2. The van der Waals surface area contributed by atoms with Crippen LogP contribution in [0.1, 0.15) is 29.8 Å². The van der Waals surface area contributed by atoms with Crippen LogP contribution in [-0.2, 0) is 20.8 Å². The molecule has 0 radical (unpaired) electrons. The number of carbonyl (C=O) groups is 2. The van der Waals surface area contributed by atoms with Crippen molar-refractivity contribution in [2.75, 3.05) is 26.3 Å². The van der Waals surface area contributed by atoms with Crippen molar-refractivity contribution in [1.82, 2.24) is 14.7 Å². The predicted octanol–water partition coefficient (Wildman–Crippen LogP) is 0.337. The number of rotatable bonds is 4. The predicted molar refractivity (Wildman–Crippen MR) is 74.3 cm³/mol. The highest BCUT2D eigenvalue weighted by atomic mass is 16.7. The Balaban J connectivity index is 1.47. The summed E-state index contributed by atoms with van der Waals surface area (Å²) in [6.07, 6.45) is 3.27. The summed E-state index contributed by atoms with van der Waals surface area (Å²) in [7, 11) is 0. The highest BCUT2D eigenvalue weighted by Crippen LogP contribution is 2.31. The van der Waals surface area contributed by atoms with Gasteiger partial charge in [-0.3, -0.25) is 9.48 Å². The van der Waals surface area contributed by atoms with E-state index in [2.05, 4.69) is 5.10 Å². The minimum Gasteiger partial charge on any atom is -0.476 e. The van der Waals surface area contributed by atoms with Gasteiger partial charge in [0.2, 0.25) is 5.91 Å². The number of aryl methyl sites for hydroxylation is 1. The summed E-state index contributed by atoms with van der Waals surface area (Å²) in [5.41, 5.74) is -0.0112. The van der Waals surface area contributed by atoms with Gasteiger partial charge in [0.25, 0.3) is 0 Å². The Hall–Kier alpha value is -1.93. The maximum absolute atomic E-state index is 12.2. The number of amides is 1. The van der Waals surface area contributed by atoms with Gasteiger partial charge in [-0.2, -0.15) is 5.10 Å². The molecule has 2 aliphatic heterocycles. The van der Waals surface area contributed by atoms with Crippen LogP contribution >= 0.6 is 0 Å². The quantitative estimate of drug-likeness (QED) is 0.862. The number of hydrogen-bond acceptors (Lipinski definition) is 5. The van der Waals surface area contributed by atoms with E-state index in [0.29, 0.717) is 52.1 Å². The summed E-state index contributed by atoms with van der Waals surface area (Å²) in [5.74, 6) is -1.50. The first kappa shape index (κ1) is 15.0. The SMILES string of the molecule is O=C(O)c1ccn(CCC(=O)N2CCC3(CC2)OCCO3)n1. The summed E-state index contributed by atoms with van der Waals surface area (Å²) >= 11 is 0. The van der Waals surface area contributed by atoms with Crippen LogP contribution in [0.4, 0.5) is 0 Å². The van der Waals surface area contributed by atoms with Gasteiger partial charge in [0.1, 0.15) is 0 Å². The fraction of sp³-hybridized carbons (Fsp3) is 0.643. The Morgan fingerprint density at radius 1 is 1.27 bits per heavy atom. The molecule has 0 aliphatic carbocycles. The van der Waals surface area contributed by atoms with Gasteiger partial charge < -0.3 is 19.5 Å². The minimum absolute atomic E-state index is 0.0112. The summed E-state index contributed by atoms with van der Waals surface area (Å²) in [6, 6.07) is 1.42. The third-order valence-electron chi connectivity index (χ3n) is 4.11. The second kappa shape index (κ2) is 6.05. The molecule has 8 nitrogen and oxygen atoms in total. The highest BCUT2D eigenvalue weighted by molar-refractivity contribution is 5.85. The van der Waals surface area contributed by atoms with Crippen molar-refractivity contribution < 1.29 is 24.2 Å². The van der Waals surface area contributed by atoms with Crippen molar-refractivity contribution in [2.24, 2.45) is 0 Å². The molecule has 2 aliphatic rings. The smallest absolute Gasteiger partial charge is 0.356 e. The van der Waals surface area contributed by atoms with Gasteiger partial charge >= 0.3 is 5.97 Å². The van der Waals surface area contributed by atoms with E-state index in [4.69, 9.17) is 14.6 Å². The van der Waals surface area contributed by atoms with E-state index in [9.17, 15) is 9.59 Å². The number of nitrogens with zero attached hydrogens (tertiary/aromatic N) is 3. The van der Waals surface area contributed by atoms with Gasteiger partial charge in [0.05, 0.1) is 13.2 Å². The van der Waals surface area contributed by atoms with Crippen LogP contribution in [-0.4, -0.2) is 63.8 Å². The molecule has 0 atom stereocenters. The van der Waals surface area contributed by atoms with Gasteiger partial charge in [-0.05, 0) is 6.07 Å². The molecule has 2 saturated heterocycles. The zero-order valence-electron chi connectivity index (χ0n) is 12.2. The third kappa shape index (κ3) is 3.12. The standard InChI is InChI=1S/C14H19N3O5/c18-12(2-6-17-5-1-11(15-17)13(19)20)16-7-3-14(4-8-16)21-9-10-22-14/h1,5H,2-4,6-10H2,(H,19,20). The molecule has 1 amide bonds. The van der Waals surface area contributed by atoms with Gasteiger partial charge in [0, 0.05) is 45.1 Å². The molecule has 0 saturated carbocycles. The lowest BCUT2D eigenvalue weighted by Crippen LogP contribution is -2.47. The van der Waals surface area contributed by atoms with E-state index in [1.54, 1.807) is 11.1 Å². The molecule has 1 aromatic heterocycles. The van der Waals surface area contributed by atoms with E-state index in [1.165, 1.54) is 10.7 Å². The highest BCUT2D eigenvalue weighted by Gasteiger charge is 2.40. The molecule has 0 bridgehead atoms. The number of piperidine rings is 1. The normalized spacial score (nSPS) is 20.5. The fourth-order valence-electron chi connectivity index (χ4n) is 2.85. The van der Waals surface area contributed by atoms with Crippen molar-refractivity contribution in [3.8, 4) is 0 Å². The molecule has 1 N–H and O–H groups in total. The summed E-state index contributed by atoms with van der Waals surface area (Å²) in [5, 5.41) is 12.7. The molecule has 8 heteroatoms. The average molecular weight is 309 g/mol. The van der Waals surface area contributed by atoms with Crippen LogP contribution in [0, 0.1) is 0 Å². The summed E-state index contributed by atoms with van der Waals surface area (Å²) < 4.78 is 12.8. The number of hydrogen-bond donors (Lipinski definition) is 1. The van der Waals surface area contributed by atoms with Crippen molar-refractivity contribution in [1.29, 1.82) is 0 Å². The van der Waals surface area contributed by atoms with Gasteiger partial charge in [-0.1, -0.05) is 0 Å². The van der Waals surface area contributed by atoms with E-state index >= 15 is 0 Å². The number of carbonyl (C=O) groups excluding carboxylic acids is 1. The lowest BCUT2D eigenvalue weighted by molar-refractivity contribution is -0.187. The molecule has 1 spiro atoms. The maximum Gasteiger partial charge on any atom is 0.356 e. The third-order valence-corrected chi connectivity index (χ3v) is 4.11. The Bertz CT molecular complexity index is 555. The first-order valence-corrected chi connectivity index (χ1v) is 7.40. The van der Waals surface area contributed by atoms with Crippen LogP contribution in [0.15, 0.2) is 12.3 Å². The van der Waals surface area contributed by atoms with Crippen LogP contribution in [0.5, 0.6) is 0 Å². The van der Waals surface area contributed by atoms with Crippen molar-refractivity contribution >= 4 is 11.9 Å². The molecule has 3 rings (SSSR count). The van der Waals surface area contributed by atoms with Gasteiger partial charge in [-0.15, -0.1) is 0 Å². The average Bonchev–Trinajstić information content (AvgIpc) is 3.15. The van der Waals surface area contributed by atoms with Crippen LogP contribution in [0.25, 0.3) is 0 Å². The van der Waals surface area contributed by atoms with Crippen molar-refractivity contribution in [3.63, 3.8) is 0 Å². The van der Waals surface area contributed by atoms with E-state index in [1.807, 2.05) is 0 Å². The van der Waals surface area contributed by atoms with Crippen molar-refractivity contribution in [3.05, 3.63) is 18.0 Å². The molecule has 1 aromatic rings. The Morgan fingerprint density at radius 3 is 2.55 bits per heavy atom. The number of likely N-dealkylation sites (tertiary alicyclic amines) is 1. The molecule has 22 heavy (non-hydrogen) atoms. The van der Waals surface area contributed by atoms with Crippen LogP contribution < -0.4 is 0 Å². The first-order chi connectivity index (χ1) is 10.6. The van der Waals surface area contributed by atoms with Crippen molar-refractivity contribution in [2.45, 2.75) is 31.6 Å². The lowest BCUT2D eigenvalue weighted by Gasteiger charge is -2.37. The van der Waals surface area contributed by atoms with Crippen LogP contribution in [0.2, 0.25) is 0 Å². The molecular weight excluding hydrogens is 290 g/mol. The van der Waals surface area contributed by atoms with Crippen LogP contribution in [0.3, 0.4) is 0 Å². The van der Waals surface area contributed by atoms with E-state index in [-0.39, 0.29) is 11.6 Å².